The van der Waals surface area contributed by atoms with Gasteiger partial charge in [-0.25, -0.2) is 0 Å². The van der Waals surface area contributed by atoms with Crippen LogP contribution in [0.3, 0.4) is 0 Å². The Bertz CT molecular complexity index is 2910. The number of rotatable bonds is 6. The number of nitrogens with zero attached hydrogens (tertiary/aromatic N) is 1. The molecule has 1 heteroatoms. The normalized spacial score (nSPS) is 14.1. The van der Waals surface area contributed by atoms with E-state index in [0.29, 0.717) is 0 Å². The summed E-state index contributed by atoms with van der Waals surface area (Å²) in [6, 6.07) is 78.6. The molecule has 0 aromatic heterocycles. The van der Waals surface area contributed by atoms with Gasteiger partial charge in [0.15, 0.2) is 0 Å². The van der Waals surface area contributed by atoms with Gasteiger partial charge in [-0.2, -0.15) is 0 Å². The Hall–Kier alpha value is -6.96. The van der Waals surface area contributed by atoms with E-state index in [0.717, 1.165) is 11.4 Å². The molecule has 0 fully saturated rings. The molecular weight excluding hydrogens is 687 g/mol. The van der Waals surface area contributed by atoms with Crippen LogP contribution < -0.4 is 4.90 Å². The Balaban J connectivity index is 1.12. The number of benzene rings is 9. The van der Waals surface area contributed by atoms with Crippen LogP contribution in [0.25, 0.3) is 44.2 Å². The second kappa shape index (κ2) is 12.8. The van der Waals surface area contributed by atoms with E-state index in [1.807, 2.05) is 0 Å². The van der Waals surface area contributed by atoms with Gasteiger partial charge in [0.1, 0.15) is 0 Å². The van der Waals surface area contributed by atoms with Crippen LogP contribution in [-0.4, -0.2) is 0 Å². The van der Waals surface area contributed by atoms with Crippen molar-refractivity contribution in [3.8, 4) is 33.4 Å². The highest BCUT2D eigenvalue weighted by Gasteiger charge is 2.46. The van der Waals surface area contributed by atoms with E-state index in [2.05, 4.69) is 231 Å². The lowest BCUT2D eigenvalue weighted by Crippen LogP contribution is -2.28. The van der Waals surface area contributed by atoms with Gasteiger partial charge in [0.2, 0.25) is 0 Å². The standard InChI is InChI=1S/C56H41N/c1-55(2)52-37-41-19-10-9-18-40(41)36-49(52)48-24-15-27-53(54(48)55)57(44-32-28-39(29-33-44)38-16-5-3-6-17-38)45-34-30-43(31-35-45)56(42-20-7-4-8-21-42)50-25-13-11-22-46(50)47-23-12-14-26-51(47)56/h3-37H,1-2H3. The van der Waals surface area contributed by atoms with Crippen molar-refractivity contribution in [2.75, 3.05) is 4.90 Å². The monoisotopic (exact) mass is 727 g/mol. The minimum atomic E-state index is -0.450. The van der Waals surface area contributed by atoms with Crippen LogP contribution in [0.4, 0.5) is 17.1 Å². The lowest BCUT2D eigenvalue weighted by molar-refractivity contribution is 0.661. The van der Waals surface area contributed by atoms with Gasteiger partial charge in [-0.1, -0.05) is 184 Å². The molecule has 0 aliphatic heterocycles. The fraction of sp³-hybridized carbons (Fsp3) is 0.0714. The zero-order valence-electron chi connectivity index (χ0n) is 32.2. The summed E-state index contributed by atoms with van der Waals surface area (Å²) < 4.78 is 0. The number of hydrogen-bond donors (Lipinski definition) is 0. The summed E-state index contributed by atoms with van der Waals surface area (Å²) in [6.45, 7) is 4.79. The van der Waals surface area contributed by atoms with Crippen molar-refractivity contribution in [1.29, 1.82) is 0 Å². The molecule has 0 spiro atoms. The van der Waals surface area contributed by atoms with E-state index in [9.17, 15) is 0 Å². The van der Waals surface area contributed by atoms with Crippen molar-refractivity contribution in [2.45, 2.75) is 24.7 Å². The van der Waals surface area contributed by atoms with Crippen LogP contribution in [0.15, 0.2) is 212 Å². The molecule has 0 heterocycles. The first-order chi connectivity index (χ1) is 28.0. The average Bonchev–Trinajstić information content (AvgIpc) is 3.70. The number of hydrogen-bond acceptors (Lipinski definition) is 1. The second-order valence-electron chi connectivity index (χ2n) is 16.1. The summed E-state index contributed by atoms with van der Waals surface area (Å²) in [7, 11) is 0. The zero-order chi connectivity index (χ0) is 38.1. The molecule has 11 rings (SSSR count). The fourth-order valence-corrected chi connectivity index (χ4v) is 10.2. The molecule has 0 saturated heterocycles. The van der Waals surface area contributed by atoms with Gasteiger partial charge in [0, 0.05) is 16.8 Å². The van der Waals surface area contributed by atoms with Gasteiger partial charge in [0.25, 0.3) is 0 Å². The lowest BCUT2D eigenvalue weighted by Gasteiger charge is -2.35. The molecule has 9 aromatic carbocycles. The van der Waals surface area contributed by atoms with E-state index >= 15 is 0 Å². The van der Waals surface area contributed by atoms with Crippen LogP contribution in [0.5, 0.6) is 0 Å². The highest BCUT2D eigenvalue weighted by Crippen LogP contribution is 2.58. The van der Waals surface area contributed by atoms with Crippen molar-refractivity contribution >= 4 is 27.8 Å². The Kier molecular flexibility index (Phi) is 7.50. The van der Waals surface area contributed by atoms with Crippen molar-refractivity contribution < 1.29 is 0 Å². The maximum atomic E-state index is 2.48. The quantitative estimate of drug-likeness (QED) is 0.165. The molecule has 2 aliphatic rings. The van der Waals surface area contributed by atoms with Gasteiger partial charge in [-0.05, 0) is 120 Å². The van der Waals surface area contributed by atoms with Gasteiger partial charge in [0.05, 0.1) is 11.1 Å². The highest BCUT2D eigenvalue weighted by atomic mass is 15.1. The van der Waals surface area contributed by atoms with Crippen molar-refractivity contribution in [3.05, 3.63) is 246 Å². The Morgan fingerprint density at radius 1 is 0.351 bits per heavy atom. The molecule has 270 valence electrons. The Labute approximate surface area is 335 Å². The lowest BCUT2D eigenvalue weighted by atomic mass is 9.67. The molecule has 9 aromatic rings. The molecule has 2 aliphatic carbocycles. The Morgan fingerprint density at radius 2 is 0.842 bits per heavy atom. The van der Waals surface area contributed by atoms with Crippen molar-refractivity contribution in [2.24, 2.45) is 0 Å². The topological polar surface area (TPSA) is 3.24 Å². The molecule has 0 saturated carbocycles. The van der Waals surface area contributed by atoms with Crippen molar-refractivity contribution in [3.63, 3.8) is 0 Å². The average molecular weight is 728 g/mol. The second-order valence-corrected chi connectivity index (χ2v) is 16.1. The first-order valence-corrected chi connectivity index (χ1v) is 20.0. The molecule has 0 radical (unpaired) electrons. The summed E-state index contributed by atoms with van der Waals surface area (Å²) in [5.41, 5.74) is 18.4. The molecule has 1 nitrogen and oxygen atoms in total. The van der Waals surface area contributed by atoms with E-state index in [4.69, 9.17) is 0 Å². The third kappa shape index (κ3) is 4.95. The minimum absolute atomic E-state index is 0.220. The number of fused-ring (bicyclic) bond motifs is 7. The molecule has 0 atom stereocenters. The largest absolute Gasteiger partial charge is 0.310 e. The van der Waals surface area contributed by atoms with Gasteiger partial charge < -0.3 is 4.90 Å². The van der Waals surface area contributed by atoms with Gasteiger partial charge >= 0.3 is 0 Å². The third-order valence-corrected chi connectivity index (χ3v) is 12.7. The van der Waals surface area contributed by atoms with Gasteiger partial charge in [-0.3, -0.25) is 0 Å². The van der Waals surface area contributed by atoms with E-state index in [-0.39, 0.29) is 5.41 Å². The maximum Gasteiger partial charge on any atom is 0.0713 e. The molecule has 0 amide bonds. The summed E-state index contributed by atoms with van der Waals surface area (Å²) >= 11 is 0. The summed E-state index contributed by atoms with van der Waals surface area (Å²) in [5.74, 6) is 0. The maximum absolute atomic E-state index is 2.48. The van der Waals surface area contributed by atoms with E-state index in [1.165, 1.54) is 83.2 Å². The number of anilines is 3. The zero-order valence-corrected chi connectivity index (χ0v) is 32.2. The van der Waals surface area contributed by atoms with Crippen LogP contribution in [0.2, 0.25) is 0 Å². The van der Waals surface area contributed by atoms with Crippen LogP contribution in [0.1, 0.15) is 47.2 Å². The summed E-state index contributed by atoms with van der Waals surface area (Å²) in [5, 5.41) is 2.56. The fourth-order valence-electron chi connectivity index (χ4n) is 10.2. The Morgan fingerprint density at radius 3 is 1.49 bits per heavy atom. The van der Waals surface area contributed by atoms with Crippen molar-refractivity contribution in [1.82, 2.24) is 0 Å². The van der Waals surface area contributed by atoms with E-state index < -0.39 is 5.41 Å². The molecule has 0 unspecified atom stereocenters. The molecule has 57 heavy (non-hydrogen) atoms. The molecule has 0 bridgehead atoms. The summed E-state index contributed by atoms with van der Waals surface area (Å²) in [4.78, 5) is 2.48. The smallest absolute Gasteiger partial charge is 0.0713 e. The summed E-state index contributed by atoms with van der Waals surface area (Å²) in [6.07, 6.45) is 0. The first-order valence-electron chi connectivity index (χ1n) is 20.0. The minimum Gasteiger partial charge on any atom is -0.310 e. The van der Waals surface area contributed by atoms with Gasteiger partial charge in [-0.15, -0.1) is 0 Å². The third-order valence-electron chi connectivity index (χ3n) is 12.7. The SMILES string of the molecule is CC1(C)c2cc3ccccc3cc2-c2cccc(N(c3ccc(-c4ccccc4)cc3)c3ccc(C4(c5ccccc5)c5ccccc5-c5ccccc54)cc3)c21. The highest BCUT2D eigenvalue weighted by molar-refractivity contribution is 5.97. The van der Waals surface area contributed by atoms with Crippen LogP contribution >= 0.6 is 0 Å². The predicted molar refractivity (Wildman–Crippen MR) is 239 cm³/mol. The van der Waals surface area contributed by atoms with Crippen LogP contribution in [-0.2, 0) is 10.8 Å². The van der Waals surface area contributed by atoms with E-state index in [1.54, 1.807) is 0 Å². The first kappa shape index (κ1) is 33.4. The van der Waals surface area contributed by atoms with Crippen LogP contribution in [0, 0.1) is 0 Å². The molecule has 0 N–H and O–H groups in total. The predicted octanol–water partition coefficient (Wildman–Crippen LogP) is 14.6. The molecular formula is C56H41N.